The second kappa shape index (κ2) is 8.60. The van der Waals surface area contributed by atoms with Crippen molar-refractivity contribution in [3.63, 3.8) is 0 Å². The number of hydrogen-bond donors (Lipinski definition) is 1. The minimum absolute atomic E-state index is 0.0640. The first-order chi connectivity index (χ1) is 16.4. The highest BCUT2D eigenvalue weighted by Gasteiger charge is 2.15. The molecular weight excluding hydrogens is 457 g/mol. The Labute approximate surface area is 194 Å². The van der Waals surface area contributed by atoms with E-state index in [2.05, 4.69) is 15.0 Å². The molecular formula is C25H18FN3O4S. The molecule has 0 radical (unpaired) electrons. The van der Waals surface area contributed by atoms with Crippen molar-refractivity contribution in [2.75, 3.05) is 6.26 Å². The van der Waals surface area contributed by atoms with Gasteiger partial charge in [0, 0.05) is 30.1 Å². The van der Waals surface area contributed by atoms with E-state index in [1.54, 1.807) is 55.0 Å². The number of hydrogen-bond acceptors (Lipinski definition) is 6. The maximum atomic E-state index is 14.3. The molecule has 0 saturated heterocycles. The monoisotopic (exact) mass is 475 g/mol. The lowest BCUT2D eigenvalue weighted by Gasteiger charge is -2.11. The van der Waals surface area contributed by atoms with Crippen molar-refractivity contribution in [3.8, 4) is 34.4 Å². The van der Waals surface area contributed by atoms with Crippen molar-refractivity contribution in [2.45, 2.75) is 4.90 Å². The molecule has 0 aliphatic rings. The molecule has 0 spiro atoms. The van der Waals surface area contributed by atoms with E-state index in [-0.39, 0.29) is 10.6 Å². The highest BCUT2D eigenvalue weighted by molar-refractivity contribution is 7.90. The fraction of sp³-hybridized carbons (Fsp3) is 0.0400. The molecule has 2 heterocycles. The van der Waals surface area contributed by atoms with Gasteiger partial charge in [0.2, 0.25) is 0 Å². The third kappa shape index (κ3) is 4.46. The van der Waals surface area contributed by atoms with E-state index in [0.29, 0.717) is 34.2 Å². The van der Waals surface area contributed by atoms with Crippen LogP contribution in [0.2, 0.25) is 0 Å². The first-order valence-electron chi connectivity index (χ1n) is 10.2. The molecule has 0 aliphatic carbocycles. The normalized spacial score (nSPS) is 11.5. The topological polar surface area (TPSA) is 94.2 Å². The maximum Gasteiger partial charge on any atom is 0.175 e. The number of benzene rings is 3. The van der Waals surface area contributed by atoms with Crippen LogP contribution in [0.25, 0.3) is 22.3 Å². The van der Waals surface area contributed by atoms with Gasteiger partial charge >= 0.3 is 0 Å². The Balaban J connectivity index is 1.57. The minimum atomic E-state index is -3.32. The summed E-state index contributed by atoms with van der Waals surface area (Å²) in [5.74, 6) is 0.776. The Morgan fingerprint density at radius 1 is 0.882 bits per heavy atom. The van der Waals surface area contributed by atoms with Crippen LogP contribution in [-0.4, -0.2) is 29.6 Å². The van der Waals surface area contributed by atoms with Crippen molar-refractivity contribution in [2.24, 2.45) is 0 Å². The van der Waals surface area contributed by atoms with Crippen LogP contribution in [0.5, 0.6) is 23.0 Å². The number of para-hydroxylation sites is 1. The summed E-state index contributed by atoms with van der Waals surface area (Å²) >= 11 is 0. The smallest absolute Gasteiger partial charge is 0.175 e. The lowest BCUT2D eigenvalue weighted by atomic mass is 10.2. The lowest BCUT2D eigenvalue weighted by Crippen LogP contribution is -1.96. The van der Waals surface area contributed by atoms with Crippen molar-refractivity contribution < 1.29 is 22.3 Å². The van der Waals surface area contributed by atoms with Crippen LogP contribution >= 0.6 is 0 Å². The van der Waals surface area contributed by atoms with E-state index in [1.165, 1.54) is 24.3 Å². The summed E-state index contributed by atoms with van der Waals surface area (Å²) in [5, 5.41) is 0.747. The van der Waals surface area contributed by atoms with Crippen molar-refractivity contribution >= 4 is 20.7 Å². The molecule has 9 heteroatoms. The molecule has 0 bridgehead atoms. The number of fused-ring (bicyclic) bond motifs is 1. The quantitative estimate of drug-likeness (QED) is 0.336. The molecule has 1 N–H and O–H groups in total. The van der Waals surface area contributed by atoms with Gasteiger partial charge in [-0.05, 0) is 48.5 Å². The molecule has 0 atom stereocenters. The summed E-state index contributed by atoms with van der Waals surface area (Å²) in [4.78, 5) is 11.9. The second-order valence-corrected chi connectivity index (χ2v) is 9.55. The summed E-state index contributed by atoms with van der Waals surface area (Å²) in [6, 6.07) is 17.5. The summed E-state index contributed by atoms with van der Waals surface area (Å²) < 4.78 is 49.6. The molecule has 0 saturated carbocycles. The number of halogens is 1. The molecule has 34 heavy (non-hydrogen) atoms. The summed E-state index contributed by atoms with van der Waals surface area (Å²) in [6.45, 7) is 0. The zero-order valence-corrected chi connectivity index (χ0v) is 18.7. The third-order valence-corrected chi connectivity index (χ3v) is 6.18. The summed E-state index contributed by atoms with van der Waals surface area (Å²) in [6.07, 6.45) is 5.94. The highest BCUT2D eigenvalue weighted by atomic mass is 32.2. The highest BCUT2D eigenvalue weighted by Crippen LogP contribution is 2.38. The van der Waals surface area contributed by atoms with Gasteiger partial charge in [0.05, 0.1) is 22.3 Å². The lowest BCUT2D eigenvalue weighted by molar-refractivity contribution is 0.438. The molecule has 0 aliphatic heterocycles. The SMILES string of the molecule is CS(=O)(=O)c1ccc(Oc2cc(Oc3ccccc3F)c3[nH]c(-c4cnccn4)cc3c2)cc1. The van der Waals surface area contributed by atoms with Crippen LogP contribution in [0, 0.1) is 5.82 Å². The molecule has 5 rings (SSSR count). The Kier molecular flexibility index (Phi) is 5.46. The average Bonchev–Trinajstić information content (AvgIpc) is 3.25. The first-order valence-corrected chi connectivity index (χ1v) is 12.1. The number of rotatable bonds is 6. The van der Waals surface area contributed by atoms with Gasteiger partial charge in [-0.25, -0.2) is 12.8 Å². The maximum absolute atomic E-state index is 14.3. The third-order valence-electron chi connectivity index (χ3n) is 5.05. The number of sulfone groups is 1. The fourth-order valence-electron chi connectivity index (χ4n) is 3.44. The van der Waals surface area contributed by atoms with Gasteiger partial charge in [-0.2, -0.15) is 0 Å². The van der Waals surface area contributed by atoms with Gasteiger partial charge in [0.1, 0.15) is 17.2 Å². The predicted molar refractivity (Wildman–Crippen MR) is 125 cm³/mol. The zero-order chi connectivity index (χ0) is 23.7. The van der Waals surface area contributed by atoms with Gasteiger partial charge < -0.3 is 14.5 Å². The molecule has 0 fully saturated rings. The van der Waals surface area contributed by atoms with E-state index < -0.39 is 15.7 Å². The zero-order valence-electron chi connectivity index (χ0n) is 17.9. The van der Waals surface area contributed by atoms with Crippen LogP contribution < -0.4 is 9.47 Å². The molecule has 3 aromatic carbocycles. The van der Waals surface area contributed by atoms with Crippen molar-refractivity contribution in [1.29, 1.82) is 0 Å². The molecule has 5 aromatic rings. The number of aromatic amines is 1. The van der Waals surface area contributed by atoms with E-state index in [1.807, 2.05) is 6.07 Å². The Morgan fingerprint density at radius 2 is 1.68 bits per heavy atom. The number of aromatic nitrogens is 3. The number of ether oxygens (including phenoxy) is 2. The van der Waals surface area contributed by atoms with E-state index in [9.17, 15) is 12.8 Å². The molecule has 0 amide bonds. The Bertz CT molecular complexity index is 1580. The number of H-pyrrole nitrogens is 1. The second-order valence-electron chi connectivity index (χ2n) is 7.54. The van der Waals surface area contributed by atoms with Gasteiger partial charge in [-0.15, -0.1) is 0 Å². The molecule has 7 nitrogen and oxygen atoms in total. The first kappa shape index (κ1) is 21.6. The average molecular weight is 476 g/mol. The number of nitrogens with one attached hydrogen (secondary N) is 1. The van der Waals surface area contributed by atoms with E-state index in [4.69, 9.17) is 9.47 Å². The fourth-order valence-corrected chi connectivity index (χ4v) is 4.07. The largest absolute Gasteiger partial charge is 0.457 e. The summed E-state index contributed by atoms with van der Waals surface area (Å²) in [7, 11) is -3.32. The number of nitrogens with zero attached hydrogens (tertiary/aromatic N) is 2. The molecule has 0 unspecified atom stereocenters. The van der Waals surface area contributed by atoms with Crippen LogP contribution in [0.4, 0.5) is 4.39 Å². The van der Waals surface area contributed by atoms with E-state index in [0.717, 1.165) is 11.6 Å². The van der Waals surface area contributed by atoms with Crippen LogP contribution in [0.1, 0.15) is 0 Å². The standard InChI is InChI=1S/C25H18FN3O4S/c1-34(30,31)19-8-6-17(7-9-19)32-18-12-16-13-21(22-15-27-10-11-28-22)29-25(16)24(14-18)33-23-5-3-2-4-20(23)26/h2-15,29H,1H3. The van der Waals surface area contributed by atoms with Crippen LogP contribution in [-0.2, 0) is 9.84 Å². The van der Waals surface area contributed by atoms with E-state index >= 15 is 0 Å². The predicted octanol–water partition coefficient (Wildman–Crippen LogP) is 5.75. The van der Waals surface area contributed by atoms with Gasteiger partial charge in [-0.3, -0.25) is 9.97 Å². The summed E-state index contributed by atoms with van der Waals surface area (Å²) in [5.41, 5.74) is 1.97. The van der Waals surface area contributed by atoms with Crippen molar-refractivity contribution in [3.05, 3.63) is 91.1 Å². The van der Waals surface area contributed by atoms with Crippen molar-refractivity contribution in [1.82, 2.24) is 15.0 Å². The van der Waals surface area contributed by atoms with Crippen LogP contribution in [0.15, 0.2) is 90.2 Å². The van der Waals surface area contributed by atoms with Gasteiger partial charge in [0.15, 0.2) is 27.2 Å². The Morgan fingerprint density at radius 3 is 2.38 bits per heavy atom. The minimum Gasteiger partial charge on any atom is -0.457 e. The molecule has 2 aromatic heterocycles. The van der Waals surface area contributed by atoms with Gasteiger partial charge in [-0.1, -0.05) is 12.1 Å². The molecule has 170 valence electrons. The van der Waals surface area contributed by atoms with Crippen LogP contribution in [0.3, 0.4) is 0 Å². The Hall–Kier alpha value is -4.24. The van der Waals surface area contributed by atoms with Gasteiger partial charge in [0.25, 0.3) is 0 Å².